The van der Waals surface area contributed by atoms with Crippen molar-refractivity contribution in [3.63, 3.8) is 0 Å². The molecule has 0 bridgehead atoms. The van der Waals surface area contributed by atoms with Crippen LogP contribution in [0.2, 0.25) is 0 Å². The fourth-order valence-corrected chi connectivity index (χ4v) is 3.88. The molecular weight excluding hydrogens is 304 g/mol. The van der Waals surface area contributed by atoms with Gasteiger partial charge in [-0.1, -0.05) is 26.3 Å². The molecule has 2 N–H and O–H groups in total. The van der Waals surface area contributed by atoms with Gasteiger partial charge in [0.15, 0.2) is 0 Å². The number of aromatic nitrogens is 1. The average Bonchev–Trinajstić information content (AvgIpc) is 2.96. The molecule has 3 rings (SSSR count). The lowest BCUT2D eigenvalue weighted by Gasteiger charge is -2.40. The molecule has 0 fully saturated rings. The summed E-state index contributed by atoms with van der Waals surface area (Å²) in [5, 5.41) is 19.9. The summed E-state index contributed by atoms with van der Waals surface area (Å²) in [6.45, 7) is 6.53. The number of hydrogen-bond acceptors (Lipinski definition) is 3. The first-order chi connectivity index (χ1) is 11.4. The van der Waals surface area contributed by atoms with E-state index in [-0.39, 0.29) is 12.3 Å². The minimum absolute atomic E-state index is 0.0477. The fourth-order valence-electron chi connectivity index (χ4n) is 3.88. The van der Waals surface area contributed by atoms with E-state index in [1.165, 1.54) is 0 Å². The van der Waals surface area contributed by atoms with Crippen molar-refractivity contribution < 1.29 is 14.6 Å². The molecule has 126 valence electrons. The van der Waals surface area contributed by atoms with Crippen molar-refractivity contribution in [1.29, 1.82) is 5.26 Å². The normalized spacial score (nSPS) is 21.2. The van der Waals surface area contributed by atoms with Crippen LogP contribution >= 0.6 is 0 Å². The second-order valence-corrected chi connectivity index (χ2v) is 6.64. The van der Waals surface area contributed by atoms with Gasteiger partial charge in [0.2, 0.25) is 0 Å². The molecule has 1 aliphatic heterocycles. The first-order valence-electron chi connectivity index (χ1n) is 8.35. The van der Waals surface area contributed by atoms with E-state index >= 15 is 0 Å². The number of rotatable bonds is 4. The highest BCUT2D eigenvalue weighted by Gasteiger charge is 2.46. The SMILES string of the molecule is CC[C@@H](C)[C@@]1(CC(=O)O)OCCc2c1[nH]c1c(C)ccc(C#N)c21. The van der Waals surface area contributed by atoms with Crippen LogP contribution in [0.5, 0.6) is 0 Å². The molecule has 0 unspecified atom stereocenters. The molecular formula is C19H22N2O3. The highest BCUT2D eigenvalue weighted by Crippen LogP contribution is 2.46. The minimum atomic E-state index is -0.876. The predicted octanol–water partition coefficient (Wildman–Crippen LogP) is 3.64. The quantitative estimate of drug-likeness (QED) is 0.898. The van der Waals surface area contributed by atoms with Crippen molar-refractivity contribution in [3.8, 4) is 6.07 Å². The average molecular weight is 326 g/mol. The zero-order valence-corrected chi connectivity index (χ0v) is 14.3. The molecule has 24 heavy (non-hydrogen) atoms. The third-order valence-electron chi connectivity index (χ3n) is 5.34. The Kier molecular flexibility index (Phi) is 4.10. The van der Waals surface area contributed by atoms with Gasteiger partial charge in [-0.25, -0.2) is 0 Å². The van der Waals surface area contributed by atoms with E-state index in [2.05, 4.69) is 11.1 Å². The lowest BCUT2D eigenvalue weighted by molar-refractivity contribution is -0.155. The Morgan fingerprint density at radius 1 is 1.54 bits per heavy atom. The Bertz CT molecular complexity index is 846. The number of carboxylic acids is 1. The van der Waals surface area contributed by atoms with Crippen LogP contribution in [-0.4, -0.2) is 22.7 Å². The van der Waals surface area contributed by atoms with Crippen LogP contribution in [0.15, 0.2) is 12.1 Å². The highest BCUT2D eigenvalue weighted by atomic mass is 16.5. The van der Waals surface area contributed by atoms with E-state index in [1.807, 2.05) is 32.9 Å². The van der Waals surface area contributed by atoms with Crippen molar-refractivity contribution in [2.24, 2.45) is 5.92 Å². The molecule has 0 amide bonds. The summed E-state index contributed by atoms with van der Waals surface area (Å²) in [6, 6.07) is 6.03. The van der Waals surface area contributed by atoms with Gasteiger partial charge in [-0.2, -0.15) is 5.26 Å². The molecule has 0 saturated heterocycles. The molecule has 0 aliphatic carbocycles. The highest BCUT2D eigenvalue weighted by molar-refractivity contribution is 5.93. The zero-order valence-electron chi connectivity index (χ0n) is 14.3. The van der Waals surface area contributed by atoms with Crippen molar-refractivity contribution in [2.75, 3.05) is 6.61 Å². The first kappa shape index (κ1) is 16.5. The van der Waals surface area contributed by atoms with Gasteiger partial charge in [0.25, 0.3) is 0 Å². The molecule has 2 atom stereocenters. The number of benzene rings is 1. The van der Waals surface area contributed by atoms with Crippen LogP contribution in [0.4, 0.5) is 0 Å². The van der Waals surface area contributed by atoms with E-state index in [9.17, 15) is 15.2 Å². The maximum absolute atomic E-state index is 11.6. The van der Waals surface area contributed by atoms with E-state index in [1.54, 1.807) is 0 Å². The molecule has 5 nitrogen and oxygen atoms in total. The van der Waals surface area contributed by atoms with E-state index in [0.717, 1.165) is 34.1 Å². The van der Waals surface area contributed by atoms with Crippen molar-refractivity contribution >= 4 is 16.9 Å². The van der Waals surface area contributed by atoms with Crippen LogP contribution in [0.3, 0.4) is 0 Å². The smallest absolute Gasteiger partial charge is 0.306 e. The van der Waals surface area contributed by atoms with E-state index in [4.69, 9.17) is 4.74 Å². The molecule has 2 heterocycles. The van der Waals surface area contributed by atoms with Gasteiger partial charge in [-0.3, -0.25) is 4.79 Å². The summed E-state index contributed by atoms with van der Waals surface area (Å²) in [6.07, 6.45) is 1.42. The third-order valence-corrected chi connectivity index (χ3v) is 5.34. The summed E-state index contributed by atoms with van der Waals surface area (Å²) in [4.78, 5) is 15.0. The standard InChI is InChI=1S/C19H22N2O3/c1-4-12(3)19(9-15(22)23)18-14(7-8-24-19)16-13(10-20)6-5-11(2)17(16)21-18/h5-6,12,21H,4,7-9H2,1-3H3,(H,22,23)/t12-,19-/m1/s1. The number of nitrogens with one attached hydrogen (secondary N) is 1. The fraction of sp³-hybridized carbons (Fsp3) is 0.474. The number of nitriles is 1. The first-order valence-corrected chi connectivity index (χ1v) is 8.35. The summed E-state index contributed by atoms with van der Waals surface area (Å²) in [5.74, 6) is -0.828. The number of aliphatic carboxylic acids is 1. The van der Waals surface area contributed by atoms with Crippen LogP contribution < -0.4 is 0 Å². The maximum atomic E-state index is 11.6. The molecule has 1 aliphatic rings. The van der Waals surface area contributed by atoms with Crippen LogP contribution in [-0.2, 0) is 21.6 Å². The number of H-pyrrole nitrogens is 1. The van der Waals surface area contributed by atoms with Crippen LogP contribution in [0, 0.1) is 24.2 Å². The topological polar surface area (TPSA) is 86.1 Å². The molecule has 1 aromatic heterocycles. The molecule has 0 spiro atoms. The lowest BCUT2D eigenvalue weighted by atomic mass is 9.77. The van der Waals surface area contributed by atoms with Gasteiger partial charge < -0.3 is 14.8 Å². The van der Waals surface area contributed by atoms with Gasteiger partial charge >= 0.3 is 5.97 Å². The van der Waals surface area contributed by atoms with Crippen LogP contribution in [0.25, 0.3) is 10.9 Å². The second-order valence-electron chi connectivity index (χ2n) is 6.64. The lowest BCUT2D eigenvalue weighted by Crippen LogP contribution is -2.43. The van der Waals surface area contributed by atoms with Crippen molar-refractivity contribution in [2.45, 2.75) is 45.6 Å². The largest absolute Gasteiger partial charge is 0.481 e. The summed E-state index contributed by atoms with van der Waals surface area (Å²) < 4.78 is 6.10. The van der Waals surface area contributed by atoms with Crippen molar-refractivity contribution in [3.05, 3.63) is 34.5 Å². The predicted molar refractivity (Wildman–Crippen MR) is 90.8 cm³/mol. The Balaban J connectivity index is 2.34. The van der Waals surface area contributed by atoms with E-state index in [0.29, 0.717) is 18.6 Å². The summed E-state index contributed by atoms with van der Waals surface area (Å²) in [5.41, 5.74) is 3.61. The molecule has 0 saturated carbocycles. The van der Waals surface area contributed by atoms with Gasteiger partial charge in [-0.15, -0.1) is 0 Å². The summed E-state index contributed by atoms with van der Waals surface area (Å²) in [7, 11) is 0. The third kappa shape index (κ3) is 2.30. The zero-order chi connectivity index (χ0) is 17.5. The number of hydrogen-bond donors (Lipinski definition) is 2. The Morgan fingerprint density at radius 3 is 2.92 bits per heavy atom. The number of carbonyl (C=O) groups is 1. The molecule has 0 radical (unpaired) electrons. The van der Waals surface area contributed by atoms with E-state index < -0.39 is 11.6 Å². The number of nitrogens with zero attached hydrogens (tertiary/aromatic N) is 1. The number of fused-ring (bicyclic) bond motifs is 3. The van der Waals surface area contributed by atoms with Gasteiger partial charge in [0.1, 0.15) is 5.60 Å². The van der Waals surface area contributed by atoms with Crippen LogP contribution in [0.1, 0.15) is 49.1 Å². The Morgan fingerprint density at radius 2 is 2.29 bits per heavy atom. The van der Waals surface area contributed by atoms with Gasteiger partial charge in [0, 0.05) is 5.39 Å². The number of carboxylic acid groups (broad SMARTS) is 1. The maximum Gasteiger partial charge on any atom is 0.306 e. The second kappa shape index (κ2) is 5.95. The number of aryl methyl sites for hydroxylation is 1. The Labute approximate surface area is 141 Å². The number of aromatic amines is 1. The minimum Gasteiger partial charge on any atom is -0.481 e. The molecule has 1 aromatic carbocycles. The molecule has 2 aromatic rings. The monoisotopic (exact) mass is 326 g/mol. The van der Waals surface area contributed by atoms with Gasteiger partial charge in [-0.05, 0) is 36.5 Å². The van der Waals surface area contributed by atoms with Gasteiger partial charge in [0.05, 0.1) is 35.9 Å². The Hall–Kier alpha value is -2.32. The summed E-state index contributed by atoms with van der Waals surface area (Å²) >= 11 is 0. The molecule has 5 heteroatoms. The van der Waals surface area contributed by atoms with Crippen molar-refractivity contribution in [1.82, 2.24) is 4.98 Å². The number of ether oxygens (including phenoxy) is 1.